The lowest BCUT2D eigenvalue weighted by Crippen LogP contribution is -2.28. The summed E-state index contributed by atoms with van der Waals surface area (Å²) >= 11 is 8.18. The number of furan rings is 1. The molecule has 2 aromatic carbocycles. The first-order valence-corrected chi connectivity index (χ1v) is 13.6. The maximum Gasteiger partial charge on any atom is 0.197 e. The minimum Gasteiger partial charge on any atom is -0.490 e. The van der Waals surface area contributed by atoms with Crippen molar-refractivity contribution >= 4 is 73.8 Å². The van der Waals surface area contributed by atoms with Gasteiger partial charge in [0.25, 0.3) is 0 Å². The Morgan fingerprint density at radius 1 is 1.09 bits per heavy atom. The lowest BCUT2D eigenvalue weighted by Gasteiger charge is -2.19. The number of carbonyl (C=O) groups is 1. The maximum absolute atomic E-state index is 13.6. The molecule has 5 nitrogen and oxygen atoms in total. The first-order valence-electron chi connectivity index (χ1n) is 11.1. The van der Waals surface area contributed by atoms with Crippen LogP contribution in [0, 0.1) is 7.14 Å². The van der Waals surface area contributed by atoms with Crippen LogP contribution in [0.5, 0.6) is 5.75 Å². The quantitative estimate of drug-likeness (QED) is 0.172. The fourth-order valence-corrected chi connectivity index (χ4v) is 5.73. The number of aryl methyl sites for hydroxylation is 1. The molecule has 0 aliphatic rings. The predicted molar refractivity (Wildman–Crippen MR) is 151 cm³/mol. The van der Waals surface area contributed by atoms with E-state index in [-0.39, 0.29) is 5.78 Å². The first kappa shape index (κ1) is 28.4. The van der Waals surface area contributed by atoms with E-state index in [0.717, 1.165) is 68.5 Å². The highest BCUT2D eigenvalue weighted by Crippen LogP contribution is 2.33. The van der Waals surface area contributed by atoms with Crippen LogP contribution in [0.25, 0.3) is 11.0 Å². The third-order valence-corrected chi connectivity index (χ3v) is 7.06. The van der Waals surface area contributed by atoms with Crippen LogP contribution in [0.1, 0.15) is 55.3 Å². The van der Waals surface area contributed by atoms with Crippen LogP contribution >= 0.6 is 57.0 Å². The Labute approximate surface area is 228 Å². The smallest absolute Gasteiger partial charge is 0.197 e. The zero-order valence-electron chi connectivity index (χ0n) is 19.2. The number of benzene rings is 2. The summed E-state index contributed by atoms with van der Waals surface area (Å²) in [7, 11) is 0. The summed E-state index contributed by atoms with van der Waals surface area (Å²) in [4.78, 5) is 15.9. The second-order valence-corrected chi connectivity index (χ2v) is 9.80. The van der Waals surface area contributed by atoms with Crippen molar-refractivity contribution in [3.05, 3.63) is 60.4 Å². The number of fused-ring (bicyclic) bond motifs is 1. The Morgan fingerprint density at radius 2 is 1.73 bits per heavy atom. The average molecular weight is 698 g/mol. The number of ketones is 1. The average Bonchev–Trinajstić information content (AvgIpc) is 3.21. The van der Waals surface area contributed by atoms with Gasteiger partial charge in [-0.3, -0.25) is 9.45 Å². The molecule has 1 heterocycles. The Balaban J connectivity index is 0.00000187. The van der Waals surface area contributed by atoms with Gasteiger partial charge in [-0.15, -0.1) is 0 Å². The summed E-state index contributed by atoms with van der Waals surface area (Å²) in [6.07, 6.45) is 2.82. The molecule has 0 saturated heterocycles. The number of ether oxygens (including phenoxy) is 1. The van der Waals surface area contributed by atoms with Crippen LogP contribution in [-0.2, 0) is 6.42 Å². The number of unbranched alkanes of at least 4 members (excludes halogenated alkanes) is 1. The highest BCUT2D eigenvalue weighted by atomic mass is 127. The normalized spacial score (nSPS) is 10.9. The van der Waals surface area contributed by atoms with E-state index in [1.807, 2.05) is 36.4 Å². The number of carbonyl (C=O) groups excluding carboxylic acids is 1. The highest BCUT2D eigenvalue weighted by molar-refractivity contribution is 14.1. The number of para-hydroxylation sites is 1. The Hall–Kier alpha value is -0.880. The summed E-state index contributed by atoms with van der Waals surface area (Å²) in [6, 6.07) is 11.7. The number of rotatable bonds is 11. The van der Waals surface area contributed by atoms with E-state index in [1.54, 1.807) is 0 Å². The molecule has 3 aromatic rings. The molecule has 180 valence electrons. The molecule has 0 aliphatic heterocycles. The fraction of sp³-hybridized carbons (Fsp3) is 0.400. The molecule has 0 amide bonds. The molecule has 1 aromatic heterocycles. The van der Waals surface area contributed by atoms with Crippen molar-refractivity contribution in [2.45, 2.75) is 40.0 Å². The van der Waals surface area contributed by atoms with E-state index in [2.05, 4.69) is 82.7 Å². The van der Waals surface area contributed by atoms with Gasteiger partial charge in [0.2, 0.25) is 0 Å². The second-order valence-electron chi connectivity index (χ2n) is 7.47. The first-order chi connectivity index (χ1) is 16.0. The van der Waals surface area contributed by atoms with E-state index in [9.17, 15) is 4.79 Å². The number of likely N-dealkylation sites (N-methyl/N-ethyl adjacent to an activating group) is 1. The van der Waals surface area contributed by atoms with Crippen LogP contribution in [0.15, 0.2) is 40.8 Å². The molecule has 0 saturated carbocycles. The van der Waals surface area contributed by atoms with Crippen molar-refractivity contribution in [3.63, 3.8) is 0 Å². The van der Waals surface area contributed by atoms with E-state index in [0.29, 0.717) is 17.7 Å². The number of hydrogen-bond donors (Lipinski definition) is 1. The van der Waals surface area contributed by atoms with Gasteiger partial charge in [0.05, 0.1) is 24.6 Å². The molecular formula is C25H30ClI2NO4. The SMILES string of the molecule is CCCCc1oc2ccccc2c1C(=O)c1cc(I)c(OCCN(CC)CC)c(I)c1.OCl. The standard InChI is InChI=1S/C25H29I2NO3.ClHO/c1-4-7-11-22-23(18-10-8-9-12-21(18)31-22)24(29)17-15-19(26)25(20(27)16-17)30-14-13-28(5-2)6-3;1-2/h8-10,12,15-16H,4-7,11,13-14H2,1-3H3;2H. The summed E-state index contributed by atoms with van der Waals surface area (Å²) < 4.78 is 20.5. The third-order valence-electron chi connectivity index (χ3n) is 5.46. The van der Waals surface area contributed by atoms with Crippen LogP contribution < -0.4 is 4.74 Å². The van der Waals surface area contributed by atoms with Gasteiger partial charge in [-0.2, -0.15) is 0 Å². The van der Waals surface area contributed by atoms with Gasteiger partial charge in [0, 0.05) is 23.9 Å². The van der Waals surface area contributed by atoms with Crippen molar-refractivity contribution in [1.82, 2.24) is 4.90 Å². The summed E-state index contributed by atoms with van der Waals surface area (Å²) in [5.74, 6) is 1.66. The predicted octanol–water partition coefficient (Wildman–Crippen LogP) is 7.07. The Morgan fingerprint density at radius 3 is 2.33 bits per heavy atom. The molecule has 0 spiro atoms. The summed E-state index contributed by atoms with van der Waals surface area (Å²) in [5, 5.41) is 0.892. The molecule has 0 aliphatic carbocycles. The Kier molecular flexibility index (Phi) is 12.5. The lowest BCUT2D eigenvalue weighted by molar-refractivity contribution is 0.103. The maximum atomic E-state index is 13.6. The zero-order chi connectivity index (χ0) is 24.4. The van der Waals surface area contributed by atoms with Gasteiger partial charge in [-0.25, -0.2) is 0 Å². The molecule has 33 heavy (non-hydrogen) atoms. The van der Waals surface area contributed by atoms with Gasteiger partial charge in [0.15, 0.2) is 5.78 Å². The van der Waals surface area contributed by atoms with Crippen LogP contribution in [0.4, 0.5) is 0 Å². The molecule has 0 atom stereocenters. The third kappa shape index (κ3) is 7.30. The van der Waals surface area contributed by atoms with Crippen molar-refractivity contribution in [2.24, 2.45) is 0 Å². The largest absolute Gasteiger partial charge is 0.490 e. The number of halogens is 3. The number of hydrogen-bond acceptors (Lipinski definition) is 5. The lowest BCUT2D eigenvalue weighted by atomic mass is 9.98. The van der Waals surface area contributed by atoms with Crippen molar-refractivity contribution in [3.8, 4) is 5.75 Å². The monoisotopic (exact) mass is 697 g/mol. The second kappa shape index (κ2) is 14.5. The van der Waals surface area contributed by atoms with Gasteiger partial charge >= 0.3 is 0 Å². The van der Waals surface area contributed by atoms with Crippen molar-refractivity contribution in [2.75, 3.05) is 26.2 Å². The van der Waals surface area contributed by atoms with Gasteiger partial charge < -0.3 is 14.1 Å². The molecule has 0 radical (unpaired) electrons. The highest BCUT2D eigenvalue weighted by Gasteiger charge is 2.23. The molecule has 8 heteroatoms. The number of nitrogens with zero attached hydrogens (tertiary/aromatic N) is 1. The van der Waals surface area contributed by atoms with Crippen LogP contribution in [-0.4, -0.2) is 41.6 Å². The van der Waals surface area contributed by atoms with E-state index < -0.39 is 0 Å². The molecule has 0 bridgehead atoms. The summed E-state index contributed by atoms with van der Waals surface area (Å²) in [6.45, 7) is 10.0. The topological polar surface area (TPSA) is 62.9 Å². The molecular weight excluding hydrogens is 668 g/mol. The molecule has 3 rings (SSSR count). The van der Waals surface area contributed by atoms with Crippen molar-refractivity contribution < 1.29 is 18.6 Å². The zero-order valence-corrected chi connectivity index (χ0v) is 24.2. The summed E-state index contributed by atoms with van der Waals surface area (Å²) in [5.41, 5.74) is 2.15. The molecule has 0 fully saturated rings. The minimum atomic E-state index is 0.0153. The van der Waals surface area contributed by atoms with E-state index in [1.165, 1.54) is 0 Å². The van der Waals surface area contributed by atoms with Crippen LogP contribution in [0.2, 0.25) is 0 Å². The van der Waals surface area contributed by atoms with E-state index >= 15 is 0 Å². The minimum absolute atomic E-state index is 0.0153. The van der Waals surface area contributed by atoms with Gasteiger partial charge in [-0.1, -0.05) is 45.4 Å². The Bertz CT molecular complexity index is 1030. The molecule has 1 N–H and O–H groups in total. The van der Waals surface area contributed by atoms with Gasteiger partial charge in [-0.05, 0) is 82.9 Å². The van der Waals surface area contributed by atoms with E-state index in [4.69, 9.17) is 13.8 Å². The fourth-order valence-electron chi connectivity index (χ4n) is 3.65. The molecule has 0 unspecified atom stereocenters. The van der Waals surface area contributed by atoms with Crippen molar-refractivity contribution in [1.29, 1.82) is 0 Å². The van der Waals surface area contributed by atoms with Gasteiger partial charge in [0.1, 0.15) is 23.7 Å². The van der Waals surface area contributed by atoms with Crippen LogP contribution in [0.3, 0.4) is 0 Å².